The van der Waals surface area contributed by atoms with Gasteiger partial charge in [0.15, 0.2) is 0 Å². The van der Waals surface area contributed by atoms with E-state index in [4.69, 9.17) is 0 Å². The molecule has 1 amide bonds. The number of benzene rings is 2. The molecular weight excluding hydrogens is 411 g/mol. The van der Waals surface area contributed by atoms with Crippen LogP contribution < -0.4 is 9.62 Å². The number of hydrogen-bond donors (Lipinski definition) is 1. The molecular formula is C21H27FN2O3S2. The first-order chi connectivity index (χ1) is 13.6. The van der Waals surface area contributed by atoms with Gasteiger partial charge in [0.2, 0.25) is 15.9 Å². The average Bonchev–Trinajstić information content (AvgIpc) is 2.60. The average molecular weight is 439 g/mol. The lowest BCUT2D eigenvalue weighted by molar-refractivity contribution is -0.121. The number of sulfonamides is 1. The highest BCUT2D eigenvalue weighted by Crippen LogP contribution is 2.24. The number of nitrogens with zero attached hydrogens (tertiary/aromatic N) is 1. The van der Waals surface area contributed by atoms with Crippen molar-refractivity contribution in [2.75, 3.05) is 22.9 Å². The van der Waals surface area contributed by atoms with E-state index in [1.807, 2.05) is 19.9 Å². The van der Waals surface area contributed by atoms with Crippen molar-refractivity contribution in [3.63, 3.8) is 0 Å². The molecule has 1 N–H and O–H groups in total. The van der Waals surface area contributed by atoms with Gasteiger partial charge >= 0.3 is 0 Å². The second kappa shape index (κ2) is 10.1. The fourth-order valence-corrected chi connectivity index (χ4v) is 5.08. The smallest absolute Gasteiger partial charge is 0.243 e. The highest BCUT2D eigenvalue weighted by Gasteiger charge is 2.29. The number of halogens is 1. The van der Waals surface area contributed by atoms with Gasteiger partial charge in [-0.2, -0.15) is 11.8 Å². The van der Waals surface area contributed by atoms with Gasteiger partial charge in [0, 0.05) is 18.1 Å². The molecule has 158 valence electrons. The van der Waals surface area contributed by atoms with Crippen molar-refractivity contribution in [1.82, 2.24) is 5.32 Å². The maximum atomic E-state index is 13.6. The molecule has 0 aliphatic heterocycles. The highest BCUT2D eigenvalue weighted by atomic mass is 32.2. The van der Waals surface area contributed by atoms with Gasteiger partial charge in [-0.05, 0) is 55.7 Å². The Morgan fingerprint density at radius 3 is 2.38 bits per heavy atom. The van der Waals surface area contributed by atoms with Gasteiger partial charge in [0.25, 0.3) is 0 Å². The van der Waals surface area contributed by atoms with Crippen molar-refractivity contribution in [2.24, 2.45) is 0 Å². The summed E-state index contributed by atoms with van der Waals surface area (Å²) in [6.07, 6.45) is 1.10. The predicted molar refractivity (Wildman–Crippen MR) is 118 cm³/mol. The third-order valence-electron chi connectivity index (χ3n) is 4.31. The van der Waals surface area contributed by atoms with E-state index >= 15 is 0 Å². The van der Waals surface area contributed by atoms with Crippen molar-refractivity contribution < 1.29 is 17.6 Å². The van der Waals surface area contributed by atoms with Crippen LogP contribution in [0.1, 0.15) is 23.6 Å². The summed E-state index contributed by atoms with van der Waals surface area (Å²) >= 11 is 1.50. The van der Waals surface area contributed by atoms with Crippen LogP contribution >= 0.6 is 11.8 Å². The summed E-state index contributed by atoms with van der Waals surface area (Å²) < 4.78 is 39.5. The molecule has 2 rings (SSSR count). The van der Waals surface area contributed by atoms with Gasteiger partial charge in [-0.25, -0.2) is 12.8 Å². The maximum Gasteiger partial charge on any atom is 0.243 e. The van der Waals surface area contributed by atoms with Crippen LogP contribution in [0.4, 0.5) is 10.1 Å². The monoisotopic (exact) mass is 438 g/mol. The van der Waals surface area contributed by atoms with Gasteiger partial charge in [0.1, 0.15) is 11.9 Å². The van der Waals surface area contributed by atoms with Crippen LogP contribution in [0, 0.1) is 19.7 Å². The number of hydrogen-bond acceptors (Lipinski definition) is 4. The third-order valence-corrected chi connectivity index (χ3v) is 6.56. The van der Waals surface area contributed by atoms with E-state index in [9.17, 15) is 17.6 Å². The molecule has 0 aliphatic carbocycles. The molecule has 0 radical (unpaired) electrons. The van der Waals surface area contributed by atoms with Gasteiger partial charge in [-0.3, -0.25) is 9.10 Å². The molecule has 29 heavy (non-hydrogen) atoms. The van der Waals surface area contributed by atoms with Crippen LogP contribution in [0.5, 0.6) is 0 Å². The summed E-state index contributed by atoms with van der Waals surface area (Å²) in [5, 5.41) is 2.78. The quantitative estimate of drug-likeness (QED) is 0.607. The largest absolute Gasteiger partial charge is 0.353 e. The number of rotatable bonds is 9. The Morgan fingerprint density at radius 2 is 1.79 bits per heavy atom. The Labute approximate surface area is 176 Å². The molecule has 0 fully saturated rings. The molecule has 0 aliphatic rings. The SMILES string of the molecule is Cc1cc(C)cc(N([C@@H](C)C(=O)NCCSCc2ccccc2F)S(C)(=O)=O)c1. The Morgan fingerprint density at radius 1 is 1.17 bits per heavy atom. The van der Waals surface area contributed by atoms with Crippen molar-refractivity contribution in [3.05, 3.63) is 65.0 Å². The highest BCUT2D eigenvalue weighted by molar-refractivity contribution is 7.98. The first-order valence-electron chi connectivity index (χ1n) is 9.26. The van der Waals surface area contributed by atoms with E-state index in [1.165, 1.54) is 17.8 Å². The minimum absolute atomic E-state index is 0.241. The molecule has 0 saturated heterocycles. The van der Waals surface area contributed by atoms with E-state index in [-0.39, 0.29) is 11.7 Å². The van der Waals surface area contributed by atoms with E-state index in [2.05, 4.69) is 5.32 Å². The van der Waals surface area contributed by atoms with Crippen LogP contribution in [0.2, 0.25) is 0 Å². The molecule has 0 aromatic heterocycles. The summed E-state index contributed by atoms with van der Waals surface area (Å²) in [6, 6.07) is 11.2. The summed E-state index contributed by atoms with van der Waals surface area (Å²) in [5.41, 5.74) is 2.94. The van der Waals surface area contributed by atoms with Crippen LogP contribution in [0.3, 0.4) is 0 Å². The number of anilines is 1. The van der Waals surface area contributed by atoms with Crippen LogP contribution in [-0.4, -0.2) is 38.9 Å². The maximum absolute atomic E-state index is 13.6. The lowest BCUT2D eigenvalue weighted by Gasteiger charge is -2.28. The molecule has 2 aromatic carbocycles. The van der Waals surface area contributed by atoms with Crippen LogP contribution in [0.25, 0.3) is 0 Å². The second-order valence-corrected chi connectivity index (χ2v) is 9.98. The van der Waals surface area contributed by atoms with Crippen LogP contribution in [-0.2, 0) is 20.6 Å². The first-order valence-corrected chi connectivity index (χ1v) is 12.3. The lowest BCUT2D eigenvalue weighted by Crippen LogP contribution is -2.48. The summed E-state index contributed by atoms with van der Waals surface area (Å²) in [6.45, 7) is 5.70. The van der Waals surface area contributed by atoms with Crippen molar-refractivity contribution in [2.45, 2.75) is 32.6 Å². The zero-order chi connectivity index (χ0) is 21.6. The standard InChI is InChI=1S/C21H27FN2O3S2/c1-15-11-16(2)13-19(12-15)24(29(4,26)27)17(3)21(25)23-9-10-28-14-18-7-5-6-8-20(18)22/h5-8,11-13,17H,9-10,14H2,1-4H3,(H,23,25)/t17-/m0/s1. The minimum Gasteiger partial charge on any atom is -0.353 e. The van der Waals surface area contributed by atoms with E-state index in [1.54, 1.807) is 37.3 Å². The van der Waals surface area contributed by atoms with Crippen molar-refractivity contribution >= 4 is 33.4 Å². The molecule has 5 nitrogen and oxygen atoms in total. The fourth-order valence-electron chi connectivity index (χ4n) is 3.08. The third kappa shape index (κ3) is 6.75. The molecule has 0 unspecified atom stereocenters. The number of aryl methyl sites for hydroxylation is 2. The summed E-state index contributed by atoms with van der Waals surface area (Å²) in [7, 11) is -3.65. The molecule has 2 aromatic rings. The Hall–Kier alpha value is -2.06. The first kappa shape index (κ1) is 23.2. The molecule has 1 atom stereocenters. The van der Waals surface area contributed by atoms with E-state index in [0.717, 1.165) is 21.7 Å². The zero-order valence-electron chi connectivity index (χ0n) is 17.1. The number of carbonyl (C=O) groups is 1. The lowest BCUT2D eigenvalue weighted by atomic mass is 10.1. The van der Waals surface area contributed by atoms with Crippen LogP contribution in [0.15, 0.2) is 42.5 Å². The van der Waals surface area contributed by atoms with Gasteiger partial charge in [-0.1, -0.05) is 24.3 Å². The number of carbonyl (C=O) groups excluding carboxylic acids is 1. The van der Waals surface area contributed by atoms with Crippen molar-refractivity contribution in [1.29, 1.82) is 0 Å². The summed E-state index contributed by atoms with van der Waals surface area (Å²) in [4.78, 5) is 12.6. The Bertz CT molecular complexity index is 944. The fraction of sp³-hybridized carbons (Fsp3) is 0.381. The number of amides is 1. The topological polar surface area (TPSA) is 66.5 Å². The molecule has 0 spiro atoms. The van der Waals surface area contributed by atoms with Crippen molar-refractivity contribution in [3.8, 4) is 0 Å². The predicted octanol–water partition coefficient (Wildman–Crippen LogP) is 3.65. The summed E-state index contributed by atoms with van der Waals surface area (Å²) in [5.74, 6) is 0.488. The van der Waals surface area contributed by atoms with Gasteiger partial charge < -0.3 is 5.32 Å². The number of nitrogens with one attached hydrogen (secondary N) is 1. The zero-order valence-corrected chi connectivity index (χ0v) is 18.7. The second-order valence-electron chi connectivity index (χ2n) is 7.02. The Balaban J connectivity index is 1.96. The molecule has 0 saturated carbocycles. The number of thioether (sulfide) groups is 1. The van der Waals surface area contributed by atoms with Gasteiger partial charge in [-0.15, -0.1) is 0 Å². The Kier molecular flexibility index (Phi) is 8.10. The molecule has 0 bridgehead atoms. The normalized spacial score (nSPS) is 12.4. The minimum atomic E-state index is -3.65. The molecule has 8 heteroatoms. The van der Waals surface area contributed by atoms with E-state index < -0.39 is 16.1 Å². The van der Waals surface area contributed by atoms with E-state index in [0.29, 0.717) is 29.3 Å². The van der Waals surface area contributed by atoms with Gasteiger partial charge in [0.05, 0.1) is 11.9 Å². The molecule has 0 heterocycles.